The highest BCUT2D eigenvalue weighted by Crippen LogP contribution is 2.32. The molecule has 0 spiro atoms. The van der Waals surface area contributed by atoms with Crippen molar-refractivity contribution < 1.29 is 9.47 Å². The quantitative estimate of drug-likeness (QED) is 0.386. The molecule has 0 heterocycles. The Hall–Kier alpha value is -2.76. The molecule has 1 aliphatic carbocycles. The van der Waals surface area contributed by atoms with Gasteiger partial charge >= 0.3 is 0 Å². The summed E-state index contributed by atoms with van der Waals surface area (Å²) in [7, 11) is 3.34. The van der Waals surface area contributed by atoms with E-state index in [0.717, 1.165) is 6.42 Å². The number of ether oxygens (including phenoxy) is 2. The molecule has 0 saturated heterocycles. The van der Waals surface area contributed by atoms with Crippen molar-refractivity contribution in [3.63, 3.8) is 0 Å². The summed E-state index contributed by atoms with van der Waals surface area (Å²) in [6.45, 7) is 0. The van der Waals surface area contributed by atoms with Crippen molar-refractivity contribution in [2.24, 2.45) is 0 Å². The molecule has 1 aromatic rings. The number of rotatable bonds is 3. The molecule has 4 N–H and O–H groups in total. The van der Waals surface area contributed by atoms with Gasteiger partial charge in [0.25, 0.3) is 0 Å². The molecular formula is C14H20N6O2+2. The van der Waals surface area contributed by atoms with Crippen LogP contribution in [0.1, 0.15) is 12.0 Å². The van der Waals surface area contributed by atoms with Crippen molar-refractivity contribution in [2.75, 3.05) is 14.2 Å². The second kappa shape index (κ2) is 11.0. The number of nitrogens with one attached hydrogen (secondary N) is 4. The highest BCUT2D eigenvalue weighted by molar-refractivity contribution is 5.69. The van der Waals surface area contributed by atoms with Crippen molar-refractivity contribution in [1.29, 1.82) is 22.1 Å². The standard InChI is InChI=1S/C14H16O2.2H2N3/c1-15-14(16-2)10-6-9-13(11-14)12-7-4-3-5-8-12;2*1-3-2/h3-10H,11H2,1-2H3;2*1-2H/q;2*+1. The molecule has 0 fully saturated rings. The van der Waals surface area contributed by atoms with Crippen LogP contribution in [0.2, 0.25) is 0 Å². The van der Waals surface area contributed by atoms with Gasteiger partial charge in [0.2, 0.25) is 9.82 Å². The predicted molar refractivity (Wildman–Crippen MR) is 80.1 cm³/mol. The lowest BCUT2D eigenvalue weighted by molar-refractivity contribution is -0.166. The van der Waals surface area contributed by atoms with Gasteiger partial charge in [-0.25, -0.2) is 0 Å². The second-order valence-corrected chi connectivity index (χ2v) is 4.04. The Balaban J connectivity index is 0.000000639. The summed E-state index contributed by atoms with van der Waals surface area (Å²) in [6, 6.07) is 10.3. The number of hydrogen-bond donors (Lipinski definition) is 4. The number of benzene rings is 1. The largest absolute Gasteiger partial charge is 0.349 e. The fraction of sp³-hybridized carbons (Fsp3) is 0.286. The molecule has 1 aromatic carbocycles. The summed E-state index contributed by atoms with van der Waals surface area (Å²) in [6.07, 6.45) is 6.77. The van der Waals surface area contributed by atoms with Crippen LogP contribution in [0.4, 0.5) is 0 Å². The first-order valence-electron chi connectivity index (χ1n) is 6.23. The van der Waals surface area contributed by atoms with E-state index < -0.39 is 5.79 Å². The van der Waals surface area contributed by atoms with Crippen LogP contribution in [-0.4, -0.2) is 20.0 Å². The van der Waals surface area contributed by atoms with Gasteiger partial charge in [-0.05, 0) is 17.2 Å². The van der Waals surface area contributed by atoms with E-state index in [1.165, 1.54) is 11.1 Å². The van der Waals surface area contributed by atoms with Gasteiger partial charge in [-0.3, -0.25) is 0 Å². The fourth-order valence-corrected chi connectivity index (χ4v) is 1.91. The van der Waals surface area contributed by atoms with Crippen LogP contribution in [0.15, 0.2) is 48.6 Å². The molecule has 8 heteroatoms. The normalized spacial score (nSPS) is 14.0. The molecule has 0 aromatic heterocycles. The molecule has 0 aliphatic heterocycles. The Labute approximate surface area is 128 Å². The van der Waals surface area contributed by atoms with E-state index in [-0.39, 0.29) is 0 Å². The maximum Gasteiger partial charge on any atom is 0.211 e. The van der Waals surface area contributed by atoms with Crippen LogP contribution in [0.5, 0.6) is 0 Å². The summed E-state index contributed by atoms with van der Waals surface area (Å²) >= 11 is 0. The molecule has 1 aliphatic rings. The lowest BCUT2D eigenvalue weighted by atomic mass is 9.93. The zero-order valence-corrected chi connectivity index (χ0v) is 12.5. The second-order valence-electron chi connectivity index (χ2n) is 4.04. The van der Waals surface area contributed by atoms with Gasteiger partial charge in [0.1, 0.15) is 22.1 Å². The van der Waals surface area contributed by atoms with Gasteiger partial charge in [-0.15, -0.1) is 0 Å². The van der Waals surface area contributed by atoms with E-state index in [9.17, 15) is 0 Å². The number of methoxy groups -OCH3 is 2. The van der Waals surface area contributed by atoms with Crippen molar-refractivity contribution >= 4 is 5.57 Å². The summed E-state index contributed by atoms with van der Waals surface area (Å²) < 4.78 is 10.9. The lowest BCUT2D eigenvalue weighted by Gasteiger charge is -2.30. The molecule has 0 atom stereocenters. The van der Waals surface area contributed by atoms with Crippen LogP contribution in [0.25, 0.3) is 5.57 Å². The molecular weight excluding hydrogens is 284 g/mol. The maximum absolute atomic E-state index is 5.50. The van der Waals surface area contributed by atoms with Gasteiger partial charge in [-0.2, -0.15) is 0 Å². The number of nitrogens with zero attached hydrogens (tertiary/aromatic N) is 2. The number of allylic oxidation sites excluding steroid dienone is 2. The van der Waals surface area contributed by atoms with E-state index in [4.69, 9.17) is 31.6 Å². The van der Waals surface area contributed by atoms with Crippen LogP contribution in [-0.2, 0) is 9.47 Å². The molecule has 0 saturated carbocycles. The summed E-state index contributed by atoms with van der Waals surface area (Å²) in [5.74, 6) is -0.611. The smallest absolute Gasteiger partial charge is 0.211 e. The van der Waals surface area contributed by atoms with Gasteiger partial charge in [0.15, 0.2) is 5.79 Å². The zero-order chi connectivity index (χ0) is 16.8. The van der Waals surface area contributed by atoms with Crippen LogP contribution >= 0.6 is 0 Å². The first kappa shape index (κ1) is 19.2. The minimum absolute atomic E-state index is 0.611. The molecule has 0 amide bonds. The molecule has 22 heavy (non-hydrogen) atoms. The molecule has 0 bridgehead atoms. The van der Waals surface area contributed by atoms with Crippen LogP contribution in [0.3, 0.4) is 0 Å². The van der Waals surface area contributed by atoms with Crippen molar-refractivity contribution in [1.82, 2.24) is 9.82 Å². The van der Waals surface area contributed by atoms with E-state index in [1.54, 1.807) is 14.2 Å². The third kappa shape index (κ3) is 6.13. The minimum Gasteiger partial charge on any atom is -0.349 e. The summed E-state index contributed by atoms with van der Waals surface area (Å²) in [5.41, 5.74) is 24.4. The Bertz CT molecular complexity index is 554. The van der Waals surface area contributed by atoms with Gasteiger partial charge < -0.3 is 9.47 Å². The topological polar surface area (TPSA) is 142 Å². The van der Waals surface area contributed by atoms with E-state index >= 15 is 0 Å². The fourth-order valence-electron chi connectivity index (χ4n) is 1.91. The highest BCUT2D eigenvalue weighted by atomic mass is 16.7. The summed E-state index contributed by atoms with van der Waals surface area (Å²) in [4.78, 5) is 4.00. The minimum atomic E-state index is -0.611. The zero-order valence-electron chi connectivity index (χ0n) is 12.5. The van der Waals surface area contributed by atoms with Crippen molar-refractivity contribution in [3.8, 4) is 0 Å². The number of hydrogen-bond acceptors (Lipinski definition) is 6. The maximum atomic E-state index is 5.50. The van der Waals surface area contributed by atoms with E-state index in [1.807, 2.05) is 40.2 Å². The highest BCUT2D eigenvalue weighted by Gasteiger charge is 2.29. The predicted octanol–water partition coefficient (Wildman–Crippen LogP) is 3.25. The van der Waals surface area contributed by atoms with E-state index in [2.05, 4.69) is 18.2 Å². The SMILES string of the molecule is COC1(OC)C=CC=C(c2ccccc2)C1.N=[N+]=N.N=[N+]=N. The first-order valence-corrected chi connectivity index (χ1v) is 6.23. The molecule has 8 nitrogen and oxygen atoms in total. The Morgan fingerprint density at radius 3 is 1.91 bits per heavy atom. The molecule has 0 unspecified atom stereocenters. The average Bonchev–Trinajstić information content (AvgIpc) is 2.57. The lowest BCUT2D eigenvalue weighted by Crippen LogP contribution is -2.32. The van der Waals surface area contributed by atoms with Gasteiger partial charge in [-0.1, -0.05) is 42.5 Å². The monoisotopic (exact) mass is 304 g/mol. The van der Waals surface area contributed by atoms with Crippen LogP contribution < -0.4 is 9.82 Å². The van der Waals surface area contributed by atoms with Crippen molar-refractivity contribution in [3.05, 3.63) is 54.1 Å². The third-order valence-corrected chi connectivity index (χ3v) is 2.92. The molecule has 0 radical (unpaired) electrons. The molecule has 2 rings (SSSR count). The Morgan fingerprint density at radius 1 is 0.955 bits per heavy atom. The third-order valence-electron chi connectivity index (χ3n) is 2.92. The summed E-state index contributed by atoms with van der Waals surface area (Å²) in [5, 5.41) is 0. The average molecular weight is 304 g/mol. The van der Waals surface area contributed by atoms with E-state index in [0.29, 0.717) is 0 Å². The van der Waals surface area contributed by atoms with Gasteiger partial charge in [0, 0.05) is 20.6 Å². The first-order chi connectivity index (χ1) is 10.6. The van der Waals surface area contributed by atoms with Crippen LogP contribution in [0, 0.1) is 22.1 Å². The molecule has 116 valence electrons. The Kier molecular flexibility index (Phi) is 9.59. The van der Waals surface area contributed by atoms with Gasteiger partial charge in [0.05, 0.1) is 0 Å². The Morgan fingerprint density at radius 2 is 1.45 bits per heavy atom. The van der Waals surface area contributed by atoms with Crippen molar-refractivity contribution in [2.45, 2.75) is 12.2 Å².